The van der Waals surface area contributed by atoms with Crippen molar-refractivity contribution in [1.29, 1.82) is 0 Å². The highest BCUT2D eigenvalue weighted by Crippen LogP contribution is 2.38. The van der Waals surface area contributed by atoms with Crippen LogP contribution in [0.1, 0.15) is 41.1 Å². The smallest absolute Gasteiger partial charge is 0.262 e. The van der Waals surface area contributed by atoms with E-state index in [1.165, 1.54) is 17.3 Å². The van der Waals surface area contributed by atoms with Crippen LogP contribution in [0, 0.1) is 13.8 Å². The number of methoxy groups -OCH3 is 1. The predicted molar refractivity (Wildman–Crippen MR) is 148 cm³/mol. The molecule has 37 heavy (non-hydrogen) atoms. The molecule has 2 heterocycles. The summed E-state index contributed by atoms with van der Waals surface area (Å²) in [6.07, 6.45) is 0.713. The molecular weight excluding hydrogens is 484 g/mol. The van der Waals surface area contributed by atoms with E-state index in [-0.39, 0.29) is 24.3 Å². The molecule has 0 radical (unpaired) electrons. The number of rotatable bonds is 6. The molecule has 2 atom stereocenters. The fourth-order valence-electron chi connectivity index (χ4n) is 4.31. The van der Waals surface area contributed by atoms with Crippen LogP contribution >= 0.6 is 11.8 Å². The molecule has 188 valence electrons. The van der Waals surface area contributed by atoms with Crippen molar-refractivity contribution in [3.05, 3.63) is 95.1 Å². The number of amides is 2. The van der Waals surface area contributed by atoms with Crippen LogP contribution in [0.25, 0.3) is 0 Å². The Bertz CT molecular complexity index is 1370. The van der Waals surface area contributed by atoms with E-state index < -0.39 is 5.25 Å². The quantitative estimate of drug-likeness (QED) is 0.472. The number of hydrazone groups is 1. The highest BCUT2D eigenvalue weighted by Gasteiger charge is 2.39. The fraction of sp³-hybridized carbons (Fsp3) is 0.241. The number of hydrogen-bond donors (Lipinski definition) is 1. The second-order valence-corrected chi connectivity index (χ2v) is 10.4. The maximum absolute atomic E-state index is 12.8. The normalized spacial score (nSPS) is 19.0. The van der Waals surface area contributed by atoms with Crippen LogP contribution in [0.5, 0.6) is 5.75 Å². The molecule has 0 aromatic heterocycles. The van der Waals surface area contributed by atoms with Crippen molar-refractivity contribution < 1.29 is 14.3 Å². The Morgan fingerprint density at radius 3 is 2.30 bits per heavy atom. The highest BCUT2D eigenvalue weighted by molar-refractivity contribution is 8.15. The topological polar surface area (TPSA) is 83.4 Å². The highest BCUT2D eigenvalue weighted by atomic mass is 32.2. The molecule has 7 nitrogen and oxygen atoms in total. The largest absolute Gasteiger partial charge is 0.497 e. The molecule has 3 aromatic carbocycles. The van der Waals surface area contributed by atoms with Gasteiger partial charge in [-0.3, -0.25) is 9.59 Å². The minimum atomic E-state index is -0.584. The Balaban J connectivity index is 1.35. The summed E-state index contributed by atoms with van der Waals surface area (Å²) in [6.45, 7) is 4.04. The molecule has 2 aliphatic heterocycles. The van der Waals surface area contributed by atoms with Gasteiger partial charge in [0, 0.05) is 18.5 Å². The molecule has 0 spiro atoms. The number of nitrogens with one attached hydrogen (secondary N) is 1. The van der Waals surface area contributed by atoms with E-state index in [2.05, 4.69) is 41.5 Å². The molecule has 0 saturated heterocycles. The molecule has 0 aliphatic carbocycles. The molecule has 2 aliphatic rings. The number of aryl methyl sites for hydroxylation is 2. The Morgan fingerprint density at radius 2 is 1.65 bits per heavy atom. The van der Waals surface area contributed by atoms with Gasteiger partial charge >= 0.3 is 0 Å². The van der Waals surface area contributed by atoms with Gasteiger partial charge in [-0.1, -0.05) is 59.3 Å². The van der Waals surface area contributed by atoms with Crippen molar-refractivity contribution in [3.63, 3.8) is 0 Å². The second-order valence-electron chi connectivity index (χ2n) is 9.21. The minimum absolute atomic E-state index is 0.0441. The van der Waals surface area contributed by atoms with Gasteiger partial charge in [-0.25, -0.2) is 5.01 Å². The van der Waals surface area contributed by atoms with E-state index in [0.29, 0.717) is 17.3 Å². The van der Waals surface area contributed by atoms with Crippen molar-refractivity contribution >= 4 is 40.1 Å². The third-order valence-electron chi connectivity index (χ3n) is 6.43. The second kappa shape index (κ2) is 10.6. The molecule has 5 rings (SSSR count). The summed E-state index contributed by atoms with van der Waals surface area (Å²) in [5.74, 6) is 0.252. The lowest BCUT2D eigenvalue weighted by Crippen LogP contribution is -2.25. The molecule has 3 aromatic rings. The minimum Gasteiger partial charge on any atom is -0.497 e. The van der Waals surface area contributed by atoms with Crippen LogP contribution in [-0.2, 0) is 9.59 Å². The maximum atomic E-state index is 12.8. The van der Waals surface area contributed by atoms with Crippen LogP contribution in [-0.4, -0.2) is 40.1 Å². The average molecular weight is 513 g/mol. The Kier molecular flexibility index (Phi) is 7.10. The summed E-state index contributed by atoms with van der Waals surface area (Å²) in [6, 6.07) is 23.6. The first-order valence-corrected chi connectivity index (χ1v) is 13.0. The van der Waals surface area contributed by atoms with E-state index in [4.69, 9.17) is 9.84 Å². The van der Waals surface area contributed by atoms with E-state index in [0.717, 1.165) is 28.2 Å². The number of ether oxygens (including phenoxy) is 1. The Hall–Kier alpha value is -3.91. The number of aliphatic imine (C=N–C) groups is 1. The fourth-order valence-corrected chi connectivity index (χ4v) is 5.38. The number of benzene rings is 3. The SMILES string of the molecule is COc1ccc(C2=NN(C3=NC(=O)[C@H](CC(=O)Nc4ccc(C)cc4)S3)[C@H](c3ccc(C)cc3)C2)cc1. The predicted octanol–water partition coefficient (Wildman–Crippen LogP) is 5.49. The molecule has 0 bridgehead atoms. The van der Waals surface area contributed by atoms with Crippen LogP contribution in [0.2, 0.25) is 0 Å². The molecule has 0 unspecified atom stereocenters. The van der Waals surface area contributed by atoms with Gasteiger partial charge in [-0.05, 0) is 61.4 Å². The zero-order chi connectivity index (χ0) is 25.9. The molecule has 1 N–H and O–H groups in total. The van der Waals surface area contributed by atoms with Crippen molar-refractivity contribution in [2.24, 2.45) is 10.1 Å². The van der Waals surface area contributed by atoms with E-state index in [1.54, 1.807) is 7.11 Å². The van der Waals surface area contributed by atoms with Crippen molar-refractivity contribution in [1.82, 2.24) is 5.01 Å². The molecule has 2 amide bonds. The Labute approximate surface area is 220 Å². The number of carbonyl (C=O) groups excluding carboxylic acids is 2. The molecule has 0 saturated carbocycles. The maximum Gasteiger partial charge on any atom is 0.262 e. The van der Waals surface area contributed by atoms with Crippen LogP contribution in [0.4, 0.5) is 5.69 Å². The third-order valence-corrected chi connectivity index (χ3v) is 7.57. The van der Waals surface area contributed by atoms with Gasteiger partial charge in [-0.2, -0.15) is 10.1 Å². The van der Waals surface area contributed by atoms with Gasteiger partial charge in [0.2, 0.25) is 5.91 Å². The van der Waals surface area contributed by atoms with Crippen LogP contribution < -0.4 is 10.1 Å². The number of anilines is 1. The van der Waals surface area contributed by atoms with Crippen molar-refractivity contribution in [2.45, 2.75) is 38.0 Å². The molecule has 0 fully saturated rings. The molecular formula is C29H28N4O3S. The first kappa shape index (κ1) is 24.8. The average Bonchev–Trinajstić information content (AvgIpc) is 3.50. The molecule has 8 heteroatoms. The lowest BCUT2D eigenvalue weighted by molar-refractivity contribution is -0.121. The standard InChI is InChI=1S/C29H28N4O3S/c1-18-4-8-21(9-5-18)25-16-24(20-10-14-23(36-3)15-11-20)32-33(25)29-31-28(35)26(37-29)17-27(34)30-22-12-6-19(2)7-13-22/h4-15,25-26H,16-17H2,1-3H3,(H,30,34)/t25-,26-/m0/s1. The monoisotopic (exact) mass is 512 g/mol. The van der Waals surface area contributed by atoms with Crippen LogP contribution in [0.3, 0.4) is 0 Å². The summed E-state index contributed by atoms with van der Waals surface area (Å²) in [5.41, 5.74) is 5.98. The lowest BCUT2D eigenvalue weighted by atomic mass is 9.98. The van der Waals surface area contributed by atoms with Gasteiger partial charge in [0.1, 0.15) is 11.0 Å². The first-order valence-electron chi connectivity index (χ1n) is 12.1. The first-order chi connectivity index (χ1) is 17.9. The summed E-state index contributed by atoms with van der Waals surface area (Å²) in [5, 5.41) is 9.55. The van der Waals surface area contributed by atoms with Gasteiger partial charge in [0.25, 0.3) is 5.91 Å². The number of carbonyl (C=O) groups is 2. The Morgan fingerprint density at radius 1 is 1.00 bits per heavy atom. The summed E-state index contributed by atoms with van der Waals surface area (Å²) < 4.78 is 5.29. The number of thioether (sulfide) groups is 1. The summed E-state index contributed by atoms with van der Waals surface area (Å²) >= 11 is 1.30. The zero-order valence-electron chi connectivity index (χ0n) is 21.0. The van der Waals surface area contributed by atoms with Crippen molar-refractivity contribution in [3.8, 4) is 5.75 Å². The van der Waals surface area contributed by atoms with Gasteiger partial charge in [-0.15, -0.1) is 0 Å². The van der Waals surface area contributed by atoms with Crippen molar-refractivity contribution in [2.75, 3.05) is 12.4 Å². The van der Waals surface area contributed by atoms with Gasteiger partial charge in [0.05, 0.1) is 18.9 Å². The lowest BCUT2D eigenvalue weighted by Gasteiger charge is -2.23. The zero-order valence-corrected chi connectivity index (χ0v) is 21.8. The van der Waals surface area contributed by atoms with E-state index in [1.807, 2.05) is 60.5 Å². The van der Waals surface area contributed by atoms with Gasteiger partial charge in [0.15, 0.2) is 5.17 Å². The van der Waals surface area contributed by atoms with Crippen LogP contribution in [0.15, 0.2) is 82.9 Å². The summed E-state index contributed by atoms with van der Waals surface area (Å²) in [4.78, 5) is 29.8. The number of amidine groups is 1. The summed E-state index contributed by atoms with van der Waals surface area (Å²) in [7, 11) is 1.64. The number of nitrogens with zero attached hydrogens (tertiary/aromatic N) is 3. The number of hydrogen-bond acceptors (Lipinski definition) is 6. The third kappa shape index (κ3) is 5.59. The van der Waals surface area contributed by atoms with E-state index >= 15 is 0 Å². The van der Waals surface area contributed by atoms with Gasteiger partial charge < -0.3 is 10.1 Å². The van der Waals surface area contributed by atoms with E-state index in [9.17, 15) is 9.59 Å².